The van der Waals surface area contributed by atoms with Crippen LogP contribution >= 0.6 is 23.5 Å². The van der Waals surface area contributed by atoms with Crippen LogP contribution in [0.3, 0.4) is 0 Å². The van der Waals surface area contributed by atoms with Crippen LogP contribution in [0.25, 0.3) is 0 Å². The molecule has 5 nitrogen and oxygen atoms in total. The summed E-state index contributed by atoms with van der Waals surface area (Å²) in [6.45, 7) is 2.57. The maximum atomic E-state index is 14.7. The fraction of sp³-hybridized carbons (Fsp3) is 0.500. The van der Waals surface area contributed by atoms with Crippen molar-refractivity contribution in [3.05, 3.63) is 22.2 Å². The monoisotopic (exact) mass is 386 g/mol. The molecule has 1 heterocycles. The van der Waals surface area contributed by atoms with Crippen molar-refractivity contribution in [1.82, 2.24) is 0 Å². The number of alkyl halides is 2. The van der Waals surface area contributed by atoms with Crippen LogP contribution in [0, 0.1) is 0 Å². The number of halogens is 3. The Morgan fingerprint density at radius 2 is 1.76 bits per heavy atom. The maximum Gasteiger partial charge on any atom is 0.404 e. The van der Waals surface area contributed by atoms with Crippen LogP contribution in [-0.2, 0) is 19.3 Å². The Bertz CT molecular complexity index is 571. The topological polar surface area (TPSA) is 54.0 Å². The average molecular weight is 387 g/mol. The highest BCUT2D eigenvalue weighted by atomic mass is 79.9. The van der Waals surface area contributed by atoms with E-state index in [1.54, 1.807) is 0 Å². The summed E-state index contributed by atoms with van der Waals surface area (Å²) < 4.78 is 61.5. The fourth-order valence-electron chi connectivity index (χ4n) is 1.83. The summed E-state index contributed by atoms with van der Waals surface area (Å²) >= 11 is 3.03. The third-order valence-corrected chi connectivity index (χ3v) is 5.51. The zero-order chi connectivity index (χ0) is 15.7. The molecule has 1 aromatic carbocycles. The molecule has 0 unspecified atom stereocenters. The molecular weight excluding hydrogens is 373 g/mol. The minimum atomic E-state index is -4.66. The van der Waals surface area contributed by atoms with Crippen molar-refractivity contribution in [3.63, 3.8) is 0 Å². The van der Waals surface area contributed by atoms with Crippen molar-refractivity contribution in [1.29, 1.82) is 0 Å². The van der Waals surface area contributed by atoms with E-state index in [1.807, 2.05) is 0 Å². The molecule has 0 aromatic heterocycles. The first-order valence-corrected chi connectivity index (χ1v) is 8.56. The summed E-state index contributed by atoms with van der Waals surface area (Å²) in [7, 11) is -4.66. The van der Waals surface area contributed by atoms with Gasteiger partial charge in [-0.25, -0.2) is 0 Å². The highest BCUT2D eigenvalue weighted by molar-refractivity contribution is 9.10. The molecule has 0 bridgehead atoms. The highest BCUT2D eigenvalue weighted by Crippen LogP contribution is 2.68. The standard InChI is InChI=1S/C12H14BrF2O5P/c1-3-19-21(16,20-4-2)12(14,15)8-5-10-11(6-9(8)13)18-7-17-10/h5-6H,3-4,7H2,1-2H3. The summed E-state index contributed by atoms with van der Waals surface area (Å²) in [5, 5.41) is 0. The van der Waals surface area contributed by atoms with Gasteiger partial charge in [0.25, 0.3) is 0 Å². The molecule has 0 saturated carbocycles. The van der Waals surface area contributed by atoms with Crippen molar-refractivity contribution in [2.24, 2.45) is 0 Å². The molecule has 118 valence electrons. The molecular formula is C12H14BrF2O5P. The molecule has 0 saturated heterocycles. The molecule has 0 N–H and O–H groups in total. The van der Waals surface area contributed by atoms with Gasteiger partial charge in [-0.15, -0.1) is 0 Å². The third-order valence-electron chi connectivity index (χ3n) is 2.73. The molecule has 0 aliphatic carbocycles. The maximum absolute atomic E-state index is 14.7. The van der Waals surface area contributed by atoms with Crippen molar-refractivity contribution in [2.45, 2.75) is 19.5 Å². The third kappa shape index (κ3) is 2.95. The molecule has 1 aliphatic rings. The lowest BCUT2D eigenvalue weighted by molar-refractivity contribution is 0.0353. The van der Waals surface area contributed by atoms with Gasteiger partial charge in [-0.1, -0.05) is 15.9 Å². The number of rotatable bonds is 6. The van der Waals surface area contributed by atoms with Gasteiger partial charge in [0.15, 0.2) is 11.5 Å². The number of fused-ring (bicyclic) bond motifs is 1. The molecule has 1 aromatic rings. The number of ether oxygens (including phenoxy) is 2. The Labute approximate surface area is 129 Å². The molecule has 21 heavy (non-hydrogen) atoms. The van der Waals surface area contributed by atoms with Crippen molar-refractivity contribution >= 4 is 23.5 Å². The van der Waals surface area contributed by atoms with Gasteiger partial charge < -0.3 is 18.5 Å². The Morgan fingerprint density at radius 1 is 1.24 bits per heavy atom. The van der Waals surface area contributed by atoms with E-state index in [2.05, 4.69) is 15.9 Å². The van der Waals surface area contributed by atoms with Gasteiger partial charge in [-0.2, -0.15) is 8.78 Å². The van der Waals surface area contributed by atoms with Crippen LogP contribution in [0.2, 0.25) is 0 Å². The van der Waals surface area contributed by atoms with Crippen molar-refractivity contribution in [3.8, 4) is 11.5 Å². The first-order chi connectivity index (χ1) is 9.85. The molecule has 0 spiro atoms. The summed E-state index contributed by atoms with van der Waals surface area (Å²) in [5.74, 6) is 0.497. The fourth-order valence-corrected chi connectivity index (χ4v) is 4.12. The van der Waals surface area contributed by atoms with Gasteiger partial charge in [0.2, 0.25) is 6.79 Å². The van der Waals surface area contributed by atoms with E-state index in [4.69, 9.17) is 18.5 Å². The Balaban J connectivity index is 2.49. The van der Waals surface area contributed by atoms with Gasteiger partial charge in [-0.3, -0.25) is 4.57 Å². The average Bonchev–Trinajstić information content (AvgIpc) is 2.85. The van der Waals surface area contributed by atoms with Gasteiger partial charge in [0, 0.05) is 4.47 Å². The first-order valence-electron chi connectivity index (χ1n) is 6.22. The van der Waals surface area contributed by atoms with Crippen molar-refractivity contribution in [2.75, 3.05) is 20.0 Å². The van der Waals surface area contributed by atoms with Crippen LogP contribution in [0.1, 0.15) is 19.4 Å². The molecule has 0 fully saturated rings. The smallest absolute Gasteiger partial charge is 0.404 e. The molecule has 9 heteroatoms. The van der Waals surface area contributed by atoms with Crippen LogP contribution in [0.15, 0.2) is 16.6 Å². The molecule has 0 radical (unpaired) electrons. The second-order valence-electron chi connectivity index (χ2n) is 4.06. The van der Waals surface area contributed by atoms with Gasteiger partial charge in [0.05, 0.1) is 18.8 Å². The number of benzene rings is 1. The van der Waals surface area contributed by atoms with Crippen molar-refractivity contribution < 1.29 is 31.9 Å². The van der Waals surface area contributed by atoms with E-state index in [0.29, 0.717) is 5.75 Å². The van der Waals surface area contributed by atoms with E-state index < -0.39 is 18.8 Å². The van der Waals surface area contributed by atoms with Gasteiger partial charge >= 0.3 is 13.3 Å². The lowest BCUT2D eigenvalue weighted by atomic mass is 10.2. The second-order valence-corrected chi connectivity index (χ2v) is 6.99. The lowest BCUT2D eigenvalue weighted by Crippen LogP contribution is -2.19. The zero-order valence-corrected chi connectivity index (χ0v) is 13.9. The van der Waals surface area contributed by atoms with E-state index in [0.717, 1.165) is 6.07 Å². The quantitative estimate of drug-likeness (QED) is 0.674. The Kier molecular flexibility index (Phi) is 4.92. The molecule has 0 atom stereocenters. The van der Waals surface area contributed by atoms with Crippen LogP contribution in [-0.4, -0.2) is 20.0 Å². The second kappa shape index (κ2) is 6.20. The predicted octanol–water partition coefficient (Wildman–Crippen LogP) is 4.49. The van der Waals surface area contributed by atoms with E-state index >= 15 is 0 Å². The Hall–Kier alpha value is -0.690. The van der Waals surface area contributed by atoms with E-state index in [1.165, 1.54) is 19.9 Å². The zero-order valence-electron chi connectivity index (χ0n) is 11.4. The molecule has 1 aliphatic heterocycles. The molecule has 2 rings (SSSR count). The van der Waals surface area contributed by atoms with Gasteiger partial charge in [0.1, 0.15) is 0 Å². The normalized spacial score (nSPS) is 14.5. The van der Waals surface area contributed by atoms with E-state index in [-0.39, 0.29) is 30.2 Å². The minimum absolute atomic E-state index is 0.0383. The summed E-state index contributed by atoms with van der Waals surface area (Å²) in [4.78, 5) is 0. The van der Waals surface area contributed by atoms with E-state index in [9.17, 15) is 13.3 Å². The van der Waals surface area contributed by atoms with Crippen LogP contribution in [0.4, 0.5) is 8.78 Å². The lowest BCUT2D eigenvalue weighted by Gasteiger charge is -2.26. The molecule has 0 amide bonds. The van der Waals surface area contributed by atoms with Crippen LogP contribution in [0.5, 0.6) is 11.5 Å². The summed E-state index contributed by atoms with van der Waals surface area (Å²) in [5.41, 5.74) is -4.35. The largest absolute Gasteiger partial charge is 0.454 e. The first kappa shape index (κ1) is 16.7. The van der Waals surface area contributed by atoms with Gasteiger partial charge in [-0.05, 0) is 26.0 Å². The number of hydrogen-bond acceptors (Lipinski definition) is 5. The highest BCUT2D eigenvalue weighted by Gasteiger charge is 2.56. The minimum Gasteiger partial charge on any atom is -0.454 e. The summed E-state index contributed by atoms with van der Waals surface area (Å²) in [6, 6.07) is 2.42. The summed E-state index contributed by atoms with van der Waals surface area (Å²) in [6.07, 6.45) is 0. The SMILES string of the molecule is CCOP(=O)(OCC)C(F)(F)c1cc2c(cc1Br)OCO2. The predicted molar refractivity (Wildman–Crippen MR) is 75.0 cm³/mol. The number of hydrogen-bond donors (Lipinski definition) is 0. The van der Waals surface area contributed by atoms with Crippen LogP contribution < -0.4 is 9.47 Å². The Morgan fingerprint density at radius 3 is 2.29 bits per heavy atom.